The van der Waals surface area contributed by atoms with E-state index < -0.39 is 0 Å². The Balaban J connectivity index is 1.39. The number of nitrogens with zero attached hydrogens (tertiary/aromatic N) is 2. The molecule has 20 heavy (non-hydrogen) atoms. The quantitative estimate of drug-likeness (QED) is 0.940. The Hall–Kier alpha value is -0.910. The first-order chi connectivity index (χ1) is 9.88. The molecule has 0 aromatic carbocycles. The van der Waals surface area contributed by atoms with Crippen molar-refractivity contribution >= 4 is 16.3 Å². The molecule has 4 heterocycles. The lowest BCUT2D eigenvalue weighted by molar-refractivity contribution is 0.0972. The average Bonchev–Trinajstić information content (AvgIpc) is 2.84. The molecular weight excluding hydrogens is 270 g/mol. The van der Waals surface area contributed by atoms with Crippen molar-refractivity contribution in [1.82, 2.24) is 14.7 Å². The predicted octanol–water partition coefficient (Wildman–Crippen LogP) is 2.68. The summed E-state index contributed by atoms with van der Waals surface area (Å²) in [5.41, 5.74) is 2.72. The highest BCUT2D eigenvalue weighted by Crippen LogP contribution is 2.42. The highest BCUT2D eigenvalue weighted by molar-refractivity contribution is 7.15. The Morgan fingerprint density at radius 2 is 2.30 bits per heavy atom. The van der Waals surface area contributed by atoms with Gasteiger partial charge in [-0.2, -0.15) is 0 Å². The van der Waals surface area contributed by atoms with Crippen molar-refractivity contribution in [2.45, 2.75) is 62.8 Å². The van der Waals surface area contributed by atoms with Crippen LogP contribution in [0.25, 0.3) is 4.96 Å². The monoisotopic (exact) mass is 289 g/mol. The van der Waals surface area contributed by atoms with E-state index in [1.54, 1.807) is 11.3 Å². The molecule has 5 heteroatoms. The van der Waals surface area contributed by atoms with Crippen LogP contribution >= 0.6 is 11.3 Å². The minimum atomic E-state index is 0.454. The van der Waals surface area contributed by atoms with Crippen LogP contribution in [0.5, 0.6) is 0 Å². The molecule has 0 spiro atoms. The molecule has 5 rings (SSSR count). The lowest BCUT2D eigenvalue weighted by Gasteiger charge is -2.20. The van der Waals surface area contributed by atoms with Gasteiger partial charge in [0.2, 0.25) is 0 Å². The van der Waals surface area contributed by atoms with E-state index in [0.29, 0.717) is 18.2 Å². The van der Waals surface area contributed by atoms with Gasteiger partial charge in [0.15, 0.2) is 4.96 Å². The lowest BCUT2D eigenvalue weighted by Crippen LogP contribution is -2.37. The van der Waals surface area contributed by atoms with Crippen molar-refractivity contribution in [1.29, 1.82) is 0 Å². The second kappa shape index (κ2) is 4.29. The number of rotatable bonds is 4. The van der Waals surface area contributed by atoms with Gasteiger partial charge in [-0.05, 0) is 32.1 Å². The standard InChI is InChI=1S/C15H19N3OS/c1-2-9(1)14-12(18-5-6-20-15(18)17-14)8-16-11-7-10-3-4-13(11)19-10/h5-6,9-11,13,16H,1-4,7-8H2. The molecule has 2 aromatic rings. The fourth-order valence-electron chi connectivity index (χ4n) is 3.79. The lowest BCUT2D eigenvalue weighted by atomic mass is 9.95. The zero-order chi connectivity index (χ0) is 13.1. The molecule has 1 aliphatic carbocycles. The molecule has 3 atom stereocenters. The maximum absolute atomic E-state index is 5.93. The summed E-state index contributed by atoms with van der Waals surface area (Å²) in [4.78, 5) is 5.98. The fraction of sp³-hybridized carbons (Fsp3) is 0.667. The molecule has 3 aliphatic rings. The van der Waals surface area contributed by atoms with Gasteiger partial charge in [-0.1, -0.05) is 0 Å². The Morgan fingerprint density at radius 1 is 1.35 bits per heavy atom. The first kappa shape index (κ1) is 11.7. The van der Waals surface area contributed by atoms with Crippen LogP contribution in [0.4, 0.5) is 0 Å². The minimum absolute atomic E-state index is 0.454. The van der Waals surface area contributed by atoms with Crippen molar-refractivity contribution in [3.05, 3.63) is 23.0 Å². The molecule has 1 N–H and O–H groups in total. The topological polar surface area (TPSA) is 38.6 Å². The van der Waals surface area contributed by atoms with Gasteiger partial charge >= 0.3 is 0 Å². The average molecular weight is 289 g/mol. The number of fused-ring (bicyclic) bond motifs is 3. The van der Waals surface area contributed by atoms with E-state index in [0.717, 1.165) is 17.4 Å². The van der Waals surface area contributed by atoms with Crippen molar-refractivity contribution < 1.29 is 4.74 Å². The molecule has 2 aromatic heterocycles. The number of hydrogen-bond acceptors (Lipinski definition) is 4. The highest BCUT2D eigenvalue weighted by Gasteiger charge is 2.40. The van der Waals surface area contributed by atoms with E-state index in [9.17, 15) is 0 Å². The molecule has 2 aliphatic heterocycles. The van der Waals surface area contributed by atoms with Crippen LogP contribution in [-0.2, 0) is 11.3 Å². The summed E-state index contributed by atoms with van der Waals surface area (Å²) in [6, 6.07) is 0.546. The van der Waals surface area contributed by atoms with E-state index in [1.165, 1.54) is 43.5 Å². The maximum Gasteiger partial charge on any atom is 0.194 e. The summed E-state index contributed by atoms with van der Waals surface area (Å²) in [6.07, 6.45) is 9.45. The van der Waals surface area contributed by atoms with Gasteiger partial charge in [-0.15, -0.1) is 11.3 Å². The van der Waals surface area contributed by atoms with E-state index in [-0.39, 0.29) is 0 Å². The van der Waals surface area contributed by atoms with Crippen LogP contribution in [0.1, 0.15) is 49.4 Å². The minimum Gasteiger partial charge on any atom is -0.373 e. The van der Waals surface area contributed by atoms with Crippen molar-refractivity contribution in [2.24, 2.45) is 0 Å². The molecule has 1 saturated carbocycles. The normalized spacial score (nSPS) is 32.5. The van der Waals surface area contributed by atoms with Gasteiger partial charge in [0.05, 0.1) is 23.6 Å². The molecule has 106 valence electrons. The summed E-state index contributed by atoms with van der Waals surface area (Å²) in [7, 11) is 0. The second-order valence-corrected chi connectivity index (χ2v) is 7.24. The van der Waals surface area contributed by atoms with Gasteiger partial charge < -0.3 is 10.1 Å². The third kappa shape index (κ3) is 1.76. The third-order valence-electron chi connectivity index (χ3n) is 4.99. The van der Waals surface area contributed by atoms with Gasteiger partial charge in [0.1, 0.15) is 0 Å². The summed E-state index contributed by atoms with van der Waals surface area (Å²) in [6.45, 7) is 0.932. The molecule has 2 bridgehead atoms. The summed E-state index contributed by atoms with van der Waals surface area (Å²) >= 11 is 1.74. The summed E-state index contributed by atoms with van der Waals surface area (Å²) in [5.74, 6) is 0.718. The molecule has 2 saturated heterocycles. The van der Waals surface area contributed by atoms with Crippen LogP contribution in [-0.4, -0.2) is 27.6 Å². The molecule has 3 fully saturated rings. The highest BCUT2D eigenvalue weighted by atomic mass is 32.1. The van der Waals surface area contributed by atoms with E-state index in [2.05, 4.69) is 21.3 Å². The van der Waals surface area contributed by atoms with E-state index >= 15 is 0 Å². The largest absolute Gasteiger partial charge is 0.373 e. The second-order valence-electron chi connectivity index (χ2n) is 6.37. The van der Waals surface area contributed by atoms with Gasteiger partial charge in [-0.25, -0.2) is 4.98 Å². The first-order valence-corrected chi connectivity index (χ1v) is 8.59. The number of aromatic nitrogens is 2. The molecule has 3 unspecified atom stereocenters. The first-order valence-electron chi connectivity index (χ1n) is 7.71. The molecule has 4 nitrogen and oxygen atoms in total. The Morgan fingerprint density at radius 3 is 3.05 bits per heavy atom. The van der Waals surface area contributed by atoms with Crippen LogP contribution in [0.3, 0.4) is 0 Å². The van der Waals surface area contributed by atoms with Crippen LogP contribution in [0, 0.1) is 0 Å². The Kier molecular flexibility index (Phi) is 2.51. The van der Waals surface area contributed by atoms with Gasteiger partial charge in [-0.3, -0.25) is 4.40 Å². The van der Waals surface area contributed by atoms with Crippen molar-refractivity contribution in [3.8, 4) is 0 Å². The summed E-state index contributed by atoms with van der Waals surface area (Å²) in [5, 5.41) is 5.87. The number of imidazole rings is 1. The van der Waals surface area contributed by atoms with E-state index in [1.807, 2.05) is 0 Å². The van der Waals surface area contributed by atoms with Gasteiger partial charge in [0.25, 0.3) is 0 Å². The Bertz CT molecular complexity index is 645. The van der Waals surface area contributed by atoms with E-state index in [4.69, 9.17) is 9.72 Å². The number of thiazole rings is 1. The van der Waals surface area contributed by atoms with Gasteiger partial charge in [0, 0.05) is 30.1 Å². The Labute approximate surface area is 122 Å². The van der Waals surface area contributed by atoms with Crippen molar-refractivity contribution in [3.63, 3.8) is 0 Å². The molecule has 0 amide bonds. The number of ether oxygens (including phenoxy) is 1. The molecular formula is C15H19N3OS. The maximum atomic E-state index is 5.93. The smallest absolute Gasteiger partial charge is 0.194 e. The van der Waals surface area contributed by atoms with Crippen molar-refractivity contribution in [2.75, 3.05) is 0 Å². The third-order valence-corrected chi connectivity index (χ3v) is 5.75. The number of nitrogens with one attached hydrogen (secondary N) is 1. The van der Waals surface area contributed by atoms with Crippen LogP contribution < -0.4 is 5.32 Å². The number of hydrogen-bond donors (Lipinski definition) is 1. The zero-order valence-electron chi connectivity index (χ0n) is 11.4. The van der Waals surface area contributed by atoms with Crippen LogP contribution in [0.2, 0.25) is 0 Å². The molecule has 0 radical (unpaired) electrons. The SMILES string of the molecule is c1cn2c(CNC3CC4CCC3O4)c(C3CC3)nc2s1. The van der Waals surface area contributed by atoms with Crippen LogP contribution in [0.15, 0.2) is 11.6 Å². The summed E-state index contributed by atoms with van der Waals surface area (Å²) < 4.78 is 8.21. The fourth-order valence-corrected chi connectivity index (χ4v) is 4.53. The zero-order valence-corrected chi connectivity index (χ0v) is 12.2. The predicted molar refractivity (Wildman–Crippen MR) is 78.2 cm³/mol.